The van der Waals surface area contributed by atoms with E-state index in [9.17, 15) is 0 Å². The Morgan fingerprint density at radius 2 is 0.930 bits per heavy atom. The van der Waals surface area contributed by atoms with E-state index in [1.807, 2.05) is 29.5 Å². The van der Waals surface area contributed by atoms with Gasteiger partial charge in [-0.15, -0.1) is 22.7 Å². The Balaban J connectivity index is 1.01. The van der Waals surface area contributed by atoms with Gasteiger partial charge in [-0.1, -0.05) is 121 Å². The van der Waals surface area contributed by atoms with E-state index in [1.54, 1.807) is 11.3 Å². The van der Waals surface area contributed by atoms with Crippen molar-refractivity contribution in [1.82, 2.24) is 19.5 Å². The largest absolute Gasteiger partial charge is 0.309 e. The number of hydrogen-bond donors (Lipinski definition) is 0. The zero-order valence-corrected chi connectivity index (χ0v) is 32.1. The van der Waals surface area contributed by atoms with E-state index in [4.69, 9.17) is 15.0 Å². The molecule has 0 aliphatic carbocycles. The van der Waals surface area contributed by atoms with Gasteiger partial charge in [-0.25, -0.2) is 15.0 Å². The van der Waals surface area contributed by atoms with Crippen LogP contribution < -0.4 is 0 Å². The third-order valence-corrected chi connectivity index (χ3v) is 13.4. The van der Waals surface area contributed by atoms with Crippen LogP contribution in [0.25, 0.3) is 113 Å². The van der Waals surface area contributed by atoms with Gasteiger partial charge in [0.1, 0.15) is 0 Å². The highest BCUT2D eigenvalue weighted by atomic mass is 32.1. The minimum absolute atomic E-state index is 0.643. The molecule has 0 unspecified atom stereocenters. The highest BCUT2D eigenvalue weighted by molar-refractivity contribution is 7.26. The summed E-state index contributed by atoms with van der Waals surface area (Å²) in [6.07, 6.45) is 0. The van der Waals surface area contributed by atoms with E-state index < -0.39 is 0 Å². The summed E-state index contributed by atoms with van der Waals surface area (Å²) in [5.74, 6) is 1.97. The van der Waals surface area contributed by atoms with Gasteiger partial charge in [-0.05, 0) is 71.8 Å². The number of para-hydroxylation sites is 1. The summed E-state index contributed by atoms with van der Waals surface area (Å²) >= 11 is 3.65. The third kappa shape index (κ3) is 5.15. The van der Waals surface area contributed by atoms with Gasteiger partial charge in [0, 0.05) is 73.5 Å². The summed E-state index contributed by atoms with van der Waals surface area (Å²) in [4.78, 5) is 15.3. The zero-order chi connectivity index (χ0) is 37.5. The molecule has 57 heavy (non-hydrogen) atoms. The second-order valence-corrected chi connectivity index (χ2v) is 16.5. The fraction of sp³-hybridized carbons (Fsp3) is 0. The monoisotopic (exact) mass is 762 g/mol. The van der Waals surface area contributed by atoms with E-state index in [2.05, 4.69) is 168 Å². The maximum Gasteiger partial charge on any atom is 0.165 e. The first-order chi connectivity index (χ1) is 28.2. The van der Waals surface area contributed by atoms with Gasteiger partial charge in [0.25, 0.3) is 0 Å². The number of rotatable bonds is 5. The number of thiophene rings is 2. The van der Waals surface area contributed by atoms with Gasteiger partial charge < -0.3 is 4.57 Å². The molecular formula is C51H30N4S2. The lowest BCUT2D eigenvalue weighted by molar-refractivity contribution is 1.08. The van der Waals surface area contributed by atoms with Gasteiger partial charge in [0.05, 0.1) is 11.0 Å². The fourth-order valence-corrected chi connectivity index (χ4v) is 10.8. The average Bonchev–Trinajstić information content (AvgIpc) is 3.96. The van der Waals surface area contributed by atoms with Gasteiger partial charge in [0.15, 0.2) is 17.5 Å². The van der Waals surface area contributed by atoms with Crippen molar-refractivity contribution in [1.29, 1.82) is 0 Å². The van der Waals surface area contributed by atoms with Crippen LogP contribution in [0.3, 0.4) is 0 Å². The van der Waals surface area contributed by atoms with Gasteiger partial charge in [-0.2, -0.15) is 0 Å². The number of nitrogens with zero attached hydrogens (tertiary/aromatic N) is 4. The predicted molar refractivity (Wildman–Crippen MR) is 242 cm³/mol. The molecule has 12 aromatic rings. The van der Waals surface area contributed by atoms with Crippen LogP contribution >= 0.6 is 22.7 Å². The molecule has 4 nitrogen and oxygen atoms in total. The van der Waals surface area contributed by atoms with Crippen molar-refractivity contribution < 1.29 is 0 Å². The van der Waals surface area contributed by atoms with Crippen LogP contribution in [-0.2, 0) is 0 Å². The lowest BCUT2D eigenvalue weighted by Gasteiger charge is -2.12. The maximum atomic E-state index is 5.18. The average molecular weight is 763 g/mol. The number of benzene rings is 8. The summed E-state index contributed by atoms with van der Waals surface area (Å²) in [6, 6.07) is 64.9. The first kappa shape index (κ1) is 32.3. The van der Waals surface area contributed by atoms with Gasteiger partial charge >= 0.3 is 0 Å². The van der Waals surface area contributed by atoms with E-state index in [1.165, 1.54) is 73.3 Å². The minimum atomic E-state index is 0.643. The smallest absolute Gasteiger partial charge is 0.165 e. The van der Waals surface area contributed by atoms with E-state index in [-0.39, 0.29) is 0 Å². The summed E-state index contributed by atoms with van der Waals surface area (Å²) in [7, 11) is 0. The number of hydrogen-bond acceptors (Lipinski definition) is 5. The molecule has 0 atom stereocenters. The third-order valence-electron chi connectivity index (χ3n) is 11.1. The summed E-state index contributed by atoms with van der Waals surface area (Å²) in [5.41, 5.74) is 8.77. The number of aromatic nitrogens is 4. The molecule has 0 saturated heterocycles. The standard InChI is InChI=1S/C51H30N4S2/c1-2-12-31(13-3-1)49-52-50(54-51(53-49)41-19-10-18-39-38-15-5-8-21-44(38)57-48(39)41)32-24-27-34(28-25-32)55-42-20-7-4-14-36(42)37-29-26-33(30-43(37)55)35-17-11-23-46-47(35)40-16-6-9-22-45(40)56-46/h1-30H. The van der Waals surface area contributed by atoms with Crippen molar-refractivity contribution in [2.45, 2.75) is 0 Å². The molecule has 0 bridgehead atoms. The molecule has 0 amide bonds. The SMILES string of the molecule is c1ccc(-c2nc(-c3ccc(-n4c5ccccc5c5ccc(-c6cccc7sc8ccccc8c67)cc54)cc3)nc(-c3cccc4c3sc3ccccc34)n2)cc1. The molecule has 0 N–H and O–H groups in total. The predicted octanol–water partition coefficient (Wildman–Crippen LogP) is 14.4. The molecule has 4 aromatic heterocycles. The second kappa shape index (κ2) is 12.8. The van der Waals surface area contributed by atoms with E-state index >= 15 is 0 Å². The van der Waals surface area contributed by atoms with Crippen LogP contribution in [0.4, 0.5) is 0 Å². The molecule has 0 saturated carbocycles. The van der Waals surface area contributed by atoms with Crippen molar-refractivity contribution in [3.8, 4) is 51.0 Å². The molecule has 4 heterocycles. The normalized spacial score (nSPS) is 11.9. The molecule has 0 spiro atoms. The van der Waals surface area contributed by atoms with Crippen LogP contribution in [0, 0.1) is 0 Å². The van der Waals surface area contributed by atoms with Crippen LogP contribution in [0.5, 0.6) is 0 Å². The van der Waals surface area contributed by atoms with Crippen molar-refractivity contribution in [2.75, 3.05) is 0 Å². The molecule has 12 rings (SSSR count). The van der Waals surface area contributed by atoms with Crippen LogP contribution in [0.2, 0.25) is 0 Å². The lowest BCUT2D eigenvalue weighted by atomic mass is 9.98. The Bertz CT molecular complexity index is 3520. The summed E-state index contributed by atoms with van der Waals surface area (Å²) in [5, 5.41) is 7.55. The molecule has 0 aliphatic rings. The van der Waals surface area contributed by atoms with Crippen molar-refractivity contribution in [3.63, 3.8) is 0 Å². The van der Waals surface area contributed by atoms with Crippen molar-refractivity contribution in [2.24, 2.45) is 0 Å². The molecule has 0 fully saturated rings. The Labute approximate surface area is 335 Å². The molecule has 0 aliphatic heterocycles. The highest BCUT2D eigenvalue weighted by Gasteiger charge is 2.19. The van der Waals surface area contributed by atoms with Crippen LogP contribution in [0.15, 0.2) is 182 Å². The second-order valence-electron chi connectivity index (χ2n) is 14.4. The van der Waals surface area contributed by atoms with Crippen molar-refractivity contribution >= 4 is 84.8 Å². The fourth-order valence-electron chi connectivity index (χ4n) is 8.46. The summed E-state index contributed by atoms with van der Waals surface area (Å²) in [6.45, 7) is 0. The van der Waals surface area contributed by atoms with E-state index in [0.29, 0.717) is 17.5 Å². The van der Waals surface area contributed by atoms with Crippen LogP contribution in [0.1, 0.15) is 0 Å². The minimum Gasteiger partial charge on any atom is -0.309 e. The highest BCUT2D eigenvalue weighted by Crippen LogP contribution is 2.43. The first-order valence-electron chi connectivity index (χ1n) is 19.0. The maximum absolute atomic E-state index is 5.18. The zero-order valence-electron chi connectivity index (χ0n) is 30.4. The number of fused-ring (bicyclic) bond motifs is 9. The Morgan fingerprint density at radius 3 is 1.75 bits per heavy atom. The van der Waals surface area contributed by atoms with Crippen LogP contribution in [-0.4, -0.2) is 19.5 Å². The molecule has 6 heteroatoms. The quantitative estimate of drug-likeness (QED) is 0.175. The van der Waals surface area contributed by atoms with Crippen molar-refractivity contribution in [3.05, 3.63) is 182 Å². The first-order valence-corrected chi connectivity index (χ1v) is 20.7. The summed E-state index contributed by atoms with van der Waals surface area (Å²) < 4.78 is 7.44. The Kier molecular flexibility index (Phi) is 7.24. The van der Waals surface area contributed by atoms with Gasteiger partial charge in [-0.3, -0.25) is 0 Å². The van der Waals surface area contributed by atoms with E-state index in [0.717, 1.165) is 22.4 Å². The van der Waals surface area contributed by atoms with Gasteiger partial charge in [0.2, 0.25) is 0 Å². The Morgan fingerprint density at radius 1 is 0.351 bits per heavy atom. The Hall–Kier alpha value is -6.99. The molecular weight excluding hydrogens is 733 g/mol. The molecule has 0 radical (unpaired) electrons. The topological polar surface area (TPSA) is 43.6 Å². The molecule has 266 valence electrons. The lowest BCUT2D eigenvalue weighted by Crippen LogP contribution is -2.00. The molecule has 8 aromatic carbocycles.